The van der Waals surface area contributed by atoms with Crippen molar-refractivity contribution in [3.05, 3.63) is 12.1 Å². The van der Waals surface area contributed by atoms with Crippen molar-refractivity contribution in [2.75, 3.05) is 59.4 Å². The Balaban J connectivity index is 2.03. The molecule has 0 radical (unpaired) electrons. The van der Waals surface area contributed by atoms with Crippen LogP contribution < -0.4 is 15.5 Å². The van der Waals surface area contributed by atoms with Crippen LogP contribution >= 0.6 is 0 Å². The van der Waals surface area contributed by atoms with Crippen LogP contribution in [0.3, 0.4) is 0 Å². The van der Waals surface area contributed by atoms with Gasteiger partial charge in [-0.3, -0.25) is 14.4 Å². The molecular formula is C48H85N3O14. The van der Waals surface area contributed by atoms with Gasteiger partial charge in [0.1, 0.15) is 17.2 Å². The molecule has 0 bridgehead atoms. The fraction of sp³-hybridized carbons (Fsp3) is 0.812. The molecule has 0 aliphatic rings. The lowest BCUT2D eigenvalue weighted by Crippen LogP contribution is -2.44. The van der Waals surface area contributed by atoms with Crippen molar-refractivity contribution in [2.45, 2.75) is 194 Å². The number of rotatable bonds is 40. The summed E-state index contributed by atoms with van der Waals surface area (Å²) in [4.78, 5) is 66.6. The van der Waals surface area contributed by atoms with Gasteiger partial charge in [0.15, 0.2) is 0 Å². The maximum absolute atomic E-state index is 12.9. The highest BCUT2D eigenvalue weighted by atomic mass is 16.7. The quantitative estimate of drug-likeness (QED) is 0.0373. The minimum Gasteiger partial charge on any atom is -0.492 e. The molecule has 4 N–H and O–H groups in total. The van der Waals surface area contributed by atoms with Crippen molar-refractivity contribution in [1.29, 1.82) is 0 Å². The smallest absolute Gasteiger partial charge is 0.335 e. The molecule has 0 aromatic carbocycles. The summed E-state index contributed by atoms with van der Waals surface area (Å²) >= 11 is 0. The van der Waals surface area contributed by atoms with Crippen LogP contribution in [0.5, 0.6) is 11.8 Å². The zero-order valence-corrected chi connectivity index (χ0v) is 40.7. The summed E-state index contributed by atoms with van der Waals surface area (Å²) < 4.78 is 33.2. The number of nitrogens with zero attached hydrogens (tertiary/aromatic N) is 1. The lowest BCUT2D eigenvalue weighted by molar-refractivity contribution is -0.159. The van der Waals surface area contributed by atoms with E-state index < -0.39 is 40.9 Å². The van der Waals surface area contributed by atoms with Gasteiger partial charge in [0.25, 0.3) is 0 Å². The van der Waals surface area contributed by atoms with Gasteiger partial charge in [-0.05, 0) is 60.8 Å². The molecule has 1 rings (SSSR count). The zero-order chi connectivity index (χ0) is 48.2. The van der Waals surface area contributed by atoms with Crippen LogP contribution in [0.1, 0.15) is 176 Å². The molecular weight excluding hydrogens is 843 g/mol. The van der Waals surface area contributed by atoms with Crippen LogP contribution in [-0.4, -0.2) is 121 Å². The first-order valence-electron chi connectivity index (χ1n) is 24.1. The fourth-order valence-corrected chi connectivity index (χ4v) is 6.50. The van der Waals surface area contributed by atoms with Gasteiger partial charge in [-0.2, -0.15) is 0 Å². The Kier molecular flexibility index (Phi) is 32.9. The van der Waals surface area contributed by atoms with E-state index in [9.17, 15) is 34.2 Å². The number of unbranched alkanes of at least 4 members (excludes halogenated alkanes) is 15. The molecule has 1 heterocycles. The number of carbonyl (C=O) groups excluding carboxylic acids is 5. The minimum atomic E-state index is -0.917. The Morgan fingerprint density at radius 1 is 0.508 bits per heavy atom. The molecule has 17 heteroatoms. The van der Waals surface area contributed by atoms with Crippen molar-refractivity contribution < 1.29 is 67.4 Å². The molecule has 0 spiro atoms. The molecule has 1 atom stereocenters. The second kappa shape index (κ2) is 36.2. The van der Waals surface area contributed by atoms with Crippen LogP contribution in [0, 0.1) is 0 Å². The predicted octanol–water partition coefficient (Wildman–Crippen LogP) is 7.40. The van der Waals surface area contributed by atoms with E-state index in [2.05, 4.69) is 10.6 Å². The average molecular weight is 928 g/mol. The Labute approximate surface area is 388 Å². The summed E-state index contributed by atoms with van der Waals surface area (Å²) in [7, 11) is 0. The van der Waals surface area contributed by atoms with E-state index in [0.29, 0.717) is 50.6 Å². The molecule has 2 amide bonds. The lowest BCUT2D eigenvalue weighted by Gasteiger charge is -2.24. The van der Waals surface area contributed by atoms with Crippen LogP contribution in [0.4, 0.5) is 0 Å². The number of aromatic hydroxyl groups is 2. The second-order valence-corrected chi connectivity index (χ2v) is 18.3. The normalized spacial score (nSPS) is 12.2. The molecule has 0 saturated heterocycles. The lowest BCUT2D eigenvalue weighted by atomic mass is 10.0. The number of carbonyl (C=O) groups is 5. The predicted molar refractivity (Wildman–Crippen MR) is 246 cm³/mol. The molecule has 0 saturated carbocycles. The summed E-state index contributed by atoms with van der Waals surface area (Å²) in [5, 5.41) is 24.5. The molecule has 0 aliphatic carbocycles. The van der Waals surface area contributed by atoms with E-state index in [1.807, 2.05) is 20.8 Å². The first kappa shape index (κ1) is 59.1. The van der Waals surface area contributed by atoms with Crippen molar-refractivity contribution in [1.82, 2.24) is 15.4 Å². The first-order valence-corrected chi connectivity index (χ1v) is 24.1. The third-order valence-electron chi connectivity index (χ3n) is 9.77. The summed E-state index contributed by atoms with van der Waals surface area (Å²) in [6.07, 6.45) is 19.4. The third-order valence-corrected chi connectivity index (χ3v) is 9.77. The summed E-state index contributed by atoms with van der Waals surface area (Å²) in [5.41, 5.74) is -1.13. The Morgan fingerprint density at radius 3 is 1.38 bits per heavy atom. The maximum Gasteiger partial charge on any atom is 0.335 e. The molecule has 376 valence electrons. The number of aromatic nitrogens is 1. The number of nitrogens with one attached hydrogen (secondary N) is 2. The van der Waals surface area contributed by atoms with Gasteiger partial charge in [-0.25, -0.2) is 9.59 Å². The van der Waals surface area contributed by atoms with Gasteiger partial charge >= 0.3 is 17.9 Å². The highest BCUT2D eigenvalue weighted by Gasteiger charge is 2.27. The fourth-order valence-electron chi connectivity index (χ4n) is 6.50. The zero-order valence-electron chi connectivity index (χ0n) is 40.7. The molecule has 1 unspecified atom stereocenters. The second-order valence-electron chi connectivity index (χ2n) is 18.3. The number of hydrogen-bond acceptors (Lipinski definition) is 14. The number of amides is 2. The van der Waals surface area contributed by atoms with Crippen LogP contribution in [0.25, 0.3) is 0 Å². The van der Waals surface area contributed by atoms with E-state index >= 15 is 0 Å². The maximum atomic E-state index is 12.9. The highest BCUT2D eigenvalue weighted by Crippen LogP contribution is 2.19. The van der Waals surface area contributed by atoms with Crippen LogP contribution in [-0.2, 0) is 52.4 Å². The Bertz CT molecular complexity index is 1420. The van der Waals surface area contributed by atoms with Crippen LogP contribution in [0.15, 0.2) is 12.1 Å². The van der Waals surface area contributed by atoms with Crippen molar-refractivity contribution >= 4 is 29.7 Å². The number of esters is 2. The Hall–Kier alpha value is -3.93. The van der Waals surface area contributed by atoms with Crippen molar-refractivity contribution in [3.63, 3.8) is 0 Å². The van der Waals surface area contributed by atoms with E-state index in [1.165, 1.54) is 76.3 Å². The monoisotopic (exact) mass is 928 g/mol. The van der Waals surface area contributed by atoms with Crippen molar-refractivity contribution in [3.8, 4) is 11.8 Å². The van der Waals surface area contributed by atoms with E-state index in [1.54, 1.807) is 20.8 Å². The molecule has 17 nitrogen and oxygen atoms in total. The van der Waals surface area contributed by atoms with Gasteiger partial charge in [-0.1, -0.05) is 89.9 Å². The van der Waals surface area contributed by atoms with Gasteiger partial charge in [0.2, 0.25) is 23.6 Å². The molecule has 0 aliphatic heterocycles. The van der Waals surface area contributed by atoms with Gasteiger partial charge in [0, 0.05) is 37.9 Å². The minimum absolute atomic E-state index is 0.0376. The Morgan fingerprint density at radius 2 is 0.923 bits per heavy atom. The average Bonchev–Trinajstić information content (AvgIpc) is 3.53. The van der Waals surface area contributed by atoms with Gasteiger partial charge < -0.3 is 54.1 Å². The summed E-state index contributed by atoms with van der Waals surface area (Å²) in [6.45, 7) is 13.5. The van der Waals surface area contributed by atoms with Gasteiger partial charge in [0.05, 0.1) is 59.3 Å². The number of ether oxygens (including phenoxy) is 6. The van der Waals surface area contributed by atoms with E-state index in [4.69, 9.17) is 33.3 Å². The van der Waals surface area contributed by atoms with E-state index in [0.717, 1.165) is 38.5 Å². The highest BCUT2D eigenvalue weighted by molar-refractivity contribution is 5.85. The SMILES string of the molecule is CC(C)(C)OC(=O)CCCCCCCCCCCCCCCCCCC(=O)NC(CCC(=O)NCCOCCOCCOCCOCCC(=O)On1c(O)ccc1O)C(=O)OC(C)(C)C. The molecule has 1 aromatic heterocycles. The van der Waals surface area contributed by atoms with Gasteiger partial charge in [-0.15, -0.1) is 4.73 Å². The number of hydrogen-bond donors (Lipinski definition) is 4. The largest absolute Gasteiger partial charge is 0.492 e. The summed E-state index contributed by atoms with van der Waals surface area (Å²) in [5.74, 6) is -2.60. The standard InChI is InChI=1S/C48H85N3O14/c1-47(2,3)63-44(56)24-22-20-18-16-14-12-10-8-7-9-11-13-15-17-19-21-23-41(53)50-39(46(58)64-48(4,5)6)25-26-40(52)49-30-32-60-34-36-62-38-37-61-35-33-59-31-29-45(57)65-51-42(54)27-28-43(51)55/h27-28,39,54-55H,7-26,29-38H2,1-6H3,(H,49,52)(H,50,53). The van der Waals surface area contributed by atoms with E-state index in [-0.39, 0.29) is 63.4 Å². The van der Waals surface area contributed by atoms with Crippen LogP contribution in [0.2, 0.25) is 0 Å². The summed E-state index contributed by atoms with van der Waals surface area (Å²) in [6, 6.07) is 1.46. The molecule has 1 aromatic rings. The first-order chi connectivity index (χ1) is 31.0. The van der Waals surface area contributed by atoms with Crippen molar-refractivity contribution in [2.24, 2.45) is 0 Å². The molecule has 0 fully saturated rings. The third kappa shape index (κ3) is 35.9. The topological polar surface area (TPSA) is 219 Å². The molecule has 65 heavy (non-hydrogen) atoms.